The van der Waals surface area contributed by atoms with Crippen molar-refractivity contribution >= 4 is 38.4 Å². The lowest BCUT2D eigenvalue weighted by Gasteiger charge is -2.12. The summed E-state index contributed by atoms with van der Waals surface area (Å²) >= 11 is 1.09. The van der Waals surface area contributed by atoms with Crippen molar-refractivity contribution in [1.82, 2.24) is 9.71 Å². The van der Waals surface area contributed by atoms with E-state index in [-0.39, 0.29) is 33.9 Å². The summed E-state index contributed by atoms with van der Waals surface area (Å²) in [5, 5.41) is 4.31. The second kappa shape index (κ2) is 9.07. The van der Waals surface area contributed by atoms with Crippen LogP contribution in [0.15, 0.2) is 34.5 Å². The number of ether oxygens (including phenoxy) is 1. The highest BCUT2D eigenvalue weighted by Gasteiger charge is 2.18. The van der Waals surface area contributed by atoms with Crippen LogP contribution in [0.3, 0.4) is 0 Å². The minimum absolute atomic E-state index is 0.0817. The number of amides is 1. The summed E-state index contributed by atoms with van der Waals surface area (Å²) in [5.74, 6) is -1.02. The molecule has 0 aliphatic carbocycles. The normalized spacial score (nSPS) is 12.4. The number of aromatic nitrogens is 1. The lowest BCUT2D eigenvalue weighted by molar-refractivity contribution is 0.0520. The molecule has 0 aliphatic rings. The summed E-state index contributed by atoms with van der Waals surface area (Å²) < 4.78 is 31.9. The molecule has 2 rings (SSSR count). The maximum absolute atomic E-state index is 12.3. The van der Waals surface area contributed by atoms with Crippen LogP contribution in [0.25, 0.3) is 0 Å². The molecule has 10 heteroatoms. The van der Waals surface area contributed by atoms with Crippen molar-refractivity contribution in [2.75, 3.05) is 11.9 Å². The van der Waals surface area contributed by atoms with Crippen LogP contribution in [0.1, 0.15) is 48.0 Å². The zero-order chi connectivity index (χ0) is 20.0. The number of sulfonamides is 1. The fraction of sp³-hybridized carbons (Fsp3) is 0.353. The highest BCUT2D eigenvalue weighted by Crippen LogP contribution is 2.18. The van der Waals surface area contributed by atoms with Crippen LogP contribution >= 0.6 is 11.3 Å². The van der Waals surface area contributed by atoms with Crippen LogP contribution in [0.5, 0.6) is 0 Å². The Kier molecular flexibility index (Phi) is 7.05. The minimum Gasteiger partial charge on any atom is -0.461 e. The molecule has 0 saturated carbocycles. The average molecular weight is 412 g/mol. The minimum atomic E-state index is -3.63. The fourth-order valence-electron chi connectivity index (χ4n) is 2.00. The fourth-order valence-corrected chi connectivity index (χ4v) is 4.00. The maximum Gasteiger partial charge on any atom is 0.357 e. The van der Waals surface area contributed by atoms with Crippen molar-refractivity contribution < 1.29 is 22.7 Å². The molecule has 2 aromatic rings. The predicted molar refractivity (Wildman–Crippen MR) is 103 cm³/mol. The number of hydrogen-bond donors (Lipinski definition) is 2. The zero-order valence-electron chi connectivity index (χ0n) is 15.2. The second-order valence-electron chi connectivity index (χ2n) is 5.67. The van der Waals surface area contributed by atoms with E-state index in [4.69, 9.17) is 4.74 Å². The van der Waals surface area contributed by atoms with E-state index in [1.807, 2.05) is 6.92 Å². The summed E-state index contributed by atoms with van der Waals surface area (Å²) in [6, 6.07) is 5.38. The molecule has 1 atom stereocenters. The molecule has 27 heavy (non-hydrogen) atoms. The molecular formula is C17H21N3O5S2. The SMILES string of the molecule is CCOC(=O)c1csc(NC(=O)c2ccc(S(=O)(=O)NC(C)CC)cc2)n1. The van der Waals surface area contributed by atoms with Gasteiger partial charge in [-0.2, -0.15) is 0 Å². The third-order valence-electron chi connectivity index (χ3n) is 3.60. The van der Waals surface area contributed by atoms with Crippen LogP contribution in [-0.4, -0.2) is 37.9 Å². The maximum atomic E-state index is 12.3. The molecule has 0 saturated heterocycles. The third kappa shape index (κ3) is 5.59. The molecule has 1 aromatic carbocycles. The molecule has 1 unspecified atom stereocenters. The molecule has 1 aromatic heterocycles. The van der Waals surface area contributed by atoms with E-state index < -0.39 is 21.9 Å². The van der Waals surface area contributed by atoms with E-state index in [0.717, 1.165) is 11.3 Å². The van der Waals surface area contributed by atoms with Gasteiger partial charge >= 0.3 is 5.97 Å². The number of rotatable bonds is 8. The van der Waals surface area contributed by atoms with Crippen molar-refractivity contribution in [1.29, 1.82) is 0 Å². The van der Waals surface area contributed by atoms with E-state index >= 15 is 0 Å². The number of carbonyl (C=O) groups excluding carboxylic acids is 2. The Hall–Kier alpha value is -2.30. The van der Waals surface area contributed by atoms with Gasteiger partial charge in [-0.1, -0.05) is 6.92 Å². The van der Waals surface area contributed by atoms with Crippen molar-refractivity contribution in [3.05, 3.63) is 40.9 Å². The number of carbonyl (C=O) groups is 2. The van der Waals surface area contributed by atoms with Crippen LogP contribution in [0.4, 0.5) is 5.13 Å². The van der Waals surface area contributed by atoms with Gasteiger partial charge in [-0.3, -0.25) is 10.1 Å². The number of esters is 1. The lowest BCUT2D eigenvalue weighted by Crippen LogP contribution is -2.32. The first-order chi connectivity index (χ1) is 12.8. The highest BCUT2D eigenvalue weighted by atomic mass is 32.2. The third-order valence-corrected chi connectivity index (χ3v) is 5.97. The summed E-state index contributed by atoms with van der Waals surface area (Å²) in [6.07, 6.45) is 0.668. The summed E-state index contributed by atoms with van der Waals surface area (Å²) in [6.45, 7) is 5.58. The van der Waals surface area contributed by atoms with Gasteiger partial charge in [-0.05, 0) is 44.5 Å². The average Bonchev–Trinajstić information content (AvgIpc) is 3.10. The monoisotopic (exact) mass is 411 g/mol. The number of nitrogens with zero attached hydrogens (tertiary/aromatic N) is 1. The second-order valence-corrected chi connectivity index (χ2v) is 8.24. The van der Waals surface area contributed by atoms with E-state index in [1.54, 1.807) is 13.8 Å². The smallest absolute Gasteiger partial charge is 0.357 e. The molecular weight excluding hydrogens is 390 g/mol. The van der Waals surface area contributed by atoms with E-state index in [2.05, 4.69) is 15.0 Å². The first kappa shape index (κ1) is 21.0. The molecule has 1 amide bonds. The Morgan fingerprint density at radius 3 is 2.48 bits per heavy atom. The van der Waals surface area contributed by atoms with E-state index in [9.17, 15) is 18.0 Å². The first-order valence-corrected chi connectivity index (χ1v) is 10.7. The van der Waals surface area contributed by atoms with Gasteiger partial charge in [0.25, 0.3) is 5.91 Å². The zero-order valence-corrected chi connectivity index (χ0v) is 16.8. The Morgan fingerprint density at radius 1 is 1.22 bits per heavy atom. The summed E-state index contributed by atoms with van der Waals surface area (Å²) in [7, 11) is -3.63. The molecule has 0 bridgehead atoms. The van der Waals surface area contributed by atoms with Crippen molar-refractivity contribution in [2.45, 2.75) is 38.1 Å². The van der Waals surface area contributed by atoms with Gasteiger partial charge in [0, 0.05) is 17.0 Å². The van der Waals surface area contributed by atoms with E-state index in [1.165, 1.54) is 29.6 Å². The summed E-state index contributed by atoms with van der Waals surface area (Å²) in [5.41, 5.74) is 0.389. The molecule has 0 radical (unpaired) electrons. The van der Waals surface area contributed by atoms with Crippen molar-refractivity contribution in [2.24, 2.45) is 0 Å². The van der Waals surface area contributed by atoms with Gasteiger partial charge in [-0.25, -0.2) is 22.9 Å². The first-order valence-electron chi connectivity index (χ1n) is 8.33. The molecule has 146 valence electrons. The lowest BCUT2D eigenvalue weighted by atomic mass is 10.2. The topological polar surface area (TPSA) is 114 Å². The van der Waals surface area contributed by atoms with Gasteiger partial charge < -0.3 is 4.74 Å². The summed E-state index contributed by atoms with van der Waals surface area (Å²) in [4.78, 5) is 27.9. The van der Waals surface area contributed by atoms with Crippen LogP contribution in [-0.2, 0) is 14.8 Å². The van der Waals surface area contributed by atoms with Crippen molar-refractivity contribution in [3.63, 3.8) is 0 Å². The number of benzene rings is 1. The van der Waals surface area contributed by atoms with Gasteiger partial charge in [-0.15, -0.1) is 11.3 Å². The Labute approximate surface area is 162 Å². The van der Waals surface area contributed by atoms with Crippen LogP contribution in [0, 0.1) is 0 Å². The predicted octanol–water partition coefficient (Wildman–Crippen LogP) is 2.65. The molecule has 2 N–H and O–H groups in total. The van der Waals surface area contributed by atoms with Gasteiger partial charge in [0.2, 0.25) is 10.0 Å². The van der Waals surface area contributed by atoms with E-state index in [0.29, 0.717) is 6.42 Å². The molecule has 8 nitrogen and oxygen atoms in total. The van der Waals surface area contributed by atoms with Gasteiger partial charge in [0.1, 0.15) is 0 Å². The quantitative estimate of drug-likeness (QED) is 0.646. The largest absolute Gasteiger partial charge is 0.461 e. The van der Waals surface area contributed by atoms with Crippen LogP contribution < -0.4 is 10.0 Å². The number of anilines is 1. The number of thiazole rings is 1. The van der Waals surface area contributed by atoms with Crippen LogP contribution in [0.2, 0.25) is 0 Å². The van der Waals surface area contributed by atoms with Gasteiger partial charge in [0.05, 0.1) is 11.5 Å². The highest BCUT2D eigenvalue weighted by molar-refractivity contribution is 7.89. The molecule has 1 heterocycles. The van der Waals surface area contributed by atoms with Gasteiger partial charge in [0.15, 0.2) is 10.8 Å². The molecule has 0 fully saturated rings. The standard InChI is InChI=1S/C17H21N3O5S2/c1-4-11(3)20-27(23,24)13-8-6-12(7-9-13)15(21)19-17-18-14(10-26-17)16(22)25-5-2/h6-11,20H,4-5H2,1-3H3,(H,18,19,21). The Bertz CT molecular complexity index is 907. The van der Waals surface area contributed by atoms with Crippen molar-refractivity contribution in [3.8, 4) is 0 Å². The number of hydrogen-bond acceptors (Lipinski definition) is 7. The Balaban J connectivity index is 2.07. The molecule has 0 aliphatic heterocycles. The number of nitrogens with one attached hydrogen (secondary N) is 2. The Morgan fingerprint density at radius 2 is 1.89 bits per heavy atom. The molecule has 0 spiro atoms.